The van der Waals surface area contributed by atoms with Crippen LogP contribution in [0.3, 0.4) is 0 Å². The summed E-state index contributed by atoms with van der Waals surface area (Å²) < 4.78 is 34.0. The van der Waals surface area contributed by atoms with Crippen molar-refractivity contribution in [2.24, 2.45) is 0 Å². The fourth-order valence-electron chi connectivity index (χ4n) is 3.72. The molecule has 0 aliphatic rings. The number of halogens is 3. The maximum absolute atomic E-state index is 13.8. The minimum atomic E-state index is -4.26. The first-order valence-electron chi connectivity index (χ1n) is 11.4. The van der Waals surface area contributed by atoms with Crippen LogP contribution in [0.15, 0.2) is 71.6 Å². The van der Waals surface area contributed by atoms with Gasteiger partial charge in [0.15, 0.2) is 0 Å². The van der Waals surface area contributed by atoms with Crippen LogP contribution in [0.2, 0.25) is 15.1 Å². The van der Waals surface area contributed by atoms with E-state index in [4.69, 9.17) is 39.5 Å². The Kier molecular flexibility index (Phi) is 9.89. The topological polar surface area (TPSA) is 96.0 Å². The van der Waals surface area contributed by atoms with Gasteiger partial charge in [0.1, 0.15) is 18.3 Å². The molecule has 3 rings (SSSR count). The molecule has 0 saturated heterocycles. The molecule has 12 heteroatoms. The summed E-state index contributed by atoms with van der Waals surface area (Å²) in [6.45, 7) is 0.872. The van der Waals surface area contributed by atoms with Gasteiger partial charge in [-0.15, -0.1) is 0 Å². The van der Waals surface area contributed by atoms with Gasteiger partial charge in [-0.1, -0.05) is 59.1 Å². The number of anilines is 1. The highest BCUT2D eigenvalue weighted by molar-refractivity contribution is 7.92. The number of hydrogen-bond donors (Lipinski definition) is 1. The molecule has 0 saturated carbocycles. The predicted molar refractivity (Wildman–Crippen MR) is 150 cm³/mol. The first-order chi connectivity index (χ1) is 18.0. The third-order valence-corrected chi connectivity index (χ3v) is 8.52. The van der Waals surface area contributed by atoms with Gasteiger partial charge in [-0.3, -0.25) is 13.9 Å². The largest absolute Gasteiger partial charge is 0.495 e. The highest BCUT2D eigenvalue weighted by Gasteiger charge is 2.33. The van der Waals surface area contributed by atoms with Crippen molar-refractivity contribution >= 4 is 62.3 Å². The molecule has 38 heavy (non-hydrogen) atoms. The van der Waals surface area contributed by atoms with Crippen molar-refractivity contribution in [1.29, 1.82) is 0 Å². The number of carbonyl (C=O) groups excluding carboxylic acids is 2. The molecule has 0 spiro atoms. The third-order valence-electron chi connectivity index (χ3n) is 5.77. The van der Waals surface area contributed by atoms with Crippen LogP contribution in [0.4, 0.5) is 5.69 Å². The summed E-state index contributed by atoms with van der Waals surface area (Å²) in [6.07, 6.45) is 0. The van der Waals surface area contributed by atoms with E-state index in [1.807, 2.05) is 0 Å². The molecule has 0 unspecified atom stereocenters. The monoisotopic (exact) mass is 597 g/mol. The van der Waals surface area contributed by atoms with Crippen LogP contribution in [0.25, 0.3) is 0 Å². The first kappa shape index (κ1) is 29.6. The van der Waals surface area contributed by atoms with Crippen LogP contribution in [0, 0.1) is 0 Å². The summed E-state index contributed by atoms with van der Waals surface area (Å²) in [7, 11) is -1.43. The Bertz CT molecular complexity index is 1420. The molecule has 0 bridgehead atoms. The van der Waals surface area contributed by atoms with Crippen LogP contribution in [-0.2, 0) is 26.2 Å². The van der Waals surface area contributed by atoms with Crippen molar-refractivity contribution in [3.63, 3.8) is 0 Å². The molecule has 3 aromatic rings. The van der Waals surface area contributed by atoms with Gasteiger partial charge < -0.3 is 15.0 Å². The number of methoxy groups -OCH3 is 1. The molecule has 0 aliphatic heterocycles. The van der Waals surface area contributed by atoms with Crippen LogP contribution in [-0.4, -0.2) is 51.9 Å². The van der Waals surface area contributed by atoms with Gasteiger partial charge in [-0.25, -0.2) is 8.42 Å². The van der Waals surface area contributed by atoms with Gasteiger partial charge in [0.05, 0.1) is 27.7 Å². The zero-order valence-electron chi connectivity index (χ0n) is 20.8. The van der Waals surface area contributed by atoms with E-state index in [1.54, 1.807) is 49.4 Å². The third kappa shape index (κ3) is 6.71. The molecular formula is C26H26Cl3N3O5S. The van der Waals surface area contributed by atoms with Gasteiger partial charge in [0.25, 0.3) is 10.0 Å². The maximum atomic E-state index is 13.8. The number of likely N-dealkylation sites (N-methyl/N-ethyl adjacent to an activating group) is 1. The van der Waals surface area contributed by atoms with Crippen molar-refractivity contribution in [3.8, 4) is 5.75 Å². The van der Waals surface area contributed by atoms with Crippen molar-refractivity contribution in [2.75, 3.05) is 25.0 Å². The number of rotatable bonds is 10. The number of nitrogens with zero attached hydrogens (tertiary/aromatic N) is 2. The predicted octanol–water partition coefficient (Wildman–Crippen LogP) is 5.01. The van der Waals surface area contributed by atoms with Gasteiger partial charge >= 0.3 is 0 Å². The Hall–Kier alpha value is -2.98. The lowest BCUT2D eigenvalue weighted by Crippen LogP contribution is -2.50. The maximum Gasteiger partial charge on any atom is 0.264 e. The van der Waals surface area contributed by atoms with Crippen molar-refractivity contribution in [3.05, 3.63) is 87.4 Å². The molecular weight excluding hydrogens is 573 g/mol. The molecule has 2 amide bonds. The Morgan fingerprint density at radius 1 is 0.974 bits per heavy atom. The minimum Gasteiger partial charge on any atom is -0.495 e. The number of benzene rings is 3. The summed E-state index contributed by atoms with van der Waals surface area (Å²) in [5.41, 5.74) is 0.667. The fourth-order valence-corrected chi connectivity index (χ4v) is 5.64. The first-order valence-corrected chi connectivity index (χ1v) is 13.9. The molecule has 0 aromatic heterocycles. The summed E-state index contributed by atoms with van der Waals surface area (Å²) >= 11 is 18.4. The Balaban J connectivity index is 2.10. The second-order valence-corrected chi connectivity index (χ2v) is 11.3. The lowest BCUT2D eigenvalue weighted by Gasteiger charge is -2.32. The van der Waals surface area contributed by atoms with Gasteiger partial charge in [-0.2, -0.15) is 0 Å². The van der Waals surface area contributed by atoms with E-state index in [0.29, 0.717) is 10.6 Å². The second kappa shape index (κ2) is 12.7. The normalized spacial score (nSPS) is 11.9. The van der Waals surface area contributed by atoms with E-state index in [1.165, 1.54) is 43.3 Å². The summed E-state index contributed by atoms with van der Waals surface area (Å²) in [4.78, 5) is 27.6. The van der Waals surface area contributed by atoms with Crippen molar-refractivity contribution < 1.29 is 22.7 Å². The molecule has 0 radical (unpaired) electrons. The molecule has 0 aliphatic carbocycles. The molecule has 8 nitrogen and oxygen atoms in total. The molecule has 3 aromatic carbocycles. The second-order valence-electron chi connectivity index (χ2n) is 8.20. The van der Waals surface area contributed by atoms with Crippen LogP contribution < -0.4 is 14.4 Å². The standard InChI is InChI=1S/C26H26Cl3N3O5S/c1-17(26(34)30-2)31(15-18-9-11-21(28)22(29)13-18)25(33)16-32(23-14-19(27)10-12-24(23)37-3)38(35,36)20-7-5-4-6-8-20/h4-14,17H,15-16H2,1-3H3,(H,30,34)/t17-/m0/s1. The number of hydrogen-bond acceptors (Lipinski definition) is 5. The Labute approximate surface area is 237 Å². The van der Waals surface area contributed by atoms with Crippen LogP contribution in [0.1, 0.15) is 12.5 Å². The van der Waals surface area contributed by atoms with E-state index in [9.17, 15) is 18.0 Å². The van der Waals surface area contributed by atoms with E-state index in [2.05, 4.69) is 5.32 Å². The number of nitrogens with one attached hydrogen (secondary N) is 1. The number of ether oxygens (including phenoxy) is 1. The molecule has 0 fully saturated rings. The average molecular weight is 599 g/mol. The Morgan fingerprint density at radius 3 is 2.26 bits per heavy atom. The SMILES string of the molecule is CNC(=O)[C@H](C)N(Cc1ccc(Cl)c(Cl)c1)C(=O)CN(c1cc(Cl)ccc1OC)S(=O)(=O)c1ccccc1. The van der Waals surface area contributed by atoms with E-state index >= 15 is 0 Å². The van der Waals surface area contributed by atoms with E-state index in [0.717, 1.165) is 4.31 Å². The van der Waals surface area contributed by atoms with E-state index in [-0.39, 0.29) is 32.9 Å². The highest BCUT2D eigenvalue weighted by Crippen LogP contribution is 2.35. The number of sulfonamides is 1. The van der Waals surface area contributed by atoms with Crippen molar-refractivity contribution in [2.45, 2.75) is 24.4 Å². The summed E-state index contributed by atoms with van der Waals surface area (Å²) in [6, 6.07) is 16.0. The van der Waals surface area contributed by atoms with E-state index < -0.39 is 34.4 Å². The Morgan fingerprint density at radius 2 is 1.66 bits per heavy atom. The minimum absolute atomic E-state index is 0.0315. The fraction of sp³-hybridized carbons (Fsp3) is 0.231. The van der Waals surface area contributed by atoms with Gasteiger partial charge in [0, 0.05) is 18.6 Å². The van der Waals surface area contributed by atoms with Crippen LogP contribution >= 0.6 is 34.8 Å². The van der Waals surface area contributed by atoms with Crippen molar-refractivity contribution in [1.82, 2.24) is 10.2 Å². The number of amides is 2. The lowest BCUT2D eigenvalue weighted by atomic mass is 10.1. The quantitative estimate of drug-likeness (QED) is 0.354. The molecule has 1 N–H and O–H groups in total. The summed E-state index contributed by atoms with van der Waals surface area (Å²) in [5, 5.41) is 3.38. The average Bonchev–Trinajstić information content (AvgIpc) is 2.91. The molecule has 202 valence electrons. The summed E-state index contributed by atoms with van der Waals surface area (Å²) in [5.74, 6) is -0.887. The van der Waals surface area contributed by atoms with Gasteiger partial charge in [-0.05, 0) is 55.0 Å². The number of carbonyl (C=O) groups is 2. The zero-order valence-corrected chi connectivity index (χ0v) is 23.9. The van der Waals surface area contributed by atoms with Crippen LogP contribution in [0.5, 0.6) is 5.75 Å². The highest BCUT2D eigenvalue weighted by atomic mass is 35.5. The lowest BCUT2D eigenvalue weighted by molar-refractivity contribution is -0.139. The smallest absolute Gasteiger partial charge is 0.264 e. The van der Waals surface area contributed by atoms with Gasteiger partial charge in [0.2, 0.25) is 11.8 Å². The molecule has 1 atom stereocenters. The zero-order chi connectivity index (χ0) is 28.0. The molecule has 0 heterocycles.